The average molecular weight is 722 g/mol. The number of allylic oxidation sites excluding steroid dienone is 1. The van der Waals surface area contributed by atoms with Crippen molar-refractivity contribution in [2.45, 2.75) is 172 Å². The molecule has 8 rings (SSSR count). The number of rotatable bonds is 5. The molecule has 1 spiro atoms. The molecule has 4 saturated heterocycles. The average Bonchev–Trinajstić information content (AvgIpc) is 3.56. The summed E-state index contributed by atoms with van der Waals surface area (Å²) in [5, 5.41) is 67.0. The fraction of sp³-hybridized carbons (Fsp3) is 0.949. The molecule has 21 atom stereocenters. The Kier molecular flexibility index (Phi) is 9.83. The Morgan fingerprint density at radius 2 is 1.59 bits per heavy atom. The van der Waals surface area contributed by atoms with Gasteiger partial charge in [-0.2, -0.15) is 0 Å². The number of piperidine rings is 1. The SMILES string of the molecule is C[C@H]1CC[C@]2(NC1)O[C@H]1C[C@H]3[C@@H]4CC=C5C[C@@H](O[C@@H]6O[C@H](CO)[C@@H](O[C@@H]7O[C@@H](C)[C@H](O)[C@@H](O)[C@H]7O)[C@H](O)[C@H]6O)CC[C@]5(C)[C@H]4CC[C@]3(C)[C@H]1[C@@H]2C. The van der Waals surface area contributed by atoms with E-state index >= 15 is 0 Å². The fourth-order valence-electron chi connectivity index (χ4n) is 12.7. The lowest BCUT2D eigenvalue weighted by Gasteiger charge is -2.59. The molecule has 4 heterocycles. The van der Waals surface area contributed by atoms with Crippen molar-refractivity contribution in [1.29, 1.82) is 0 Å². The number of hydrogen-bond donors (Lipinski definition) is 7. The Hall–Kier alpha value is -0.740. The summed E-state index contributed by atoms with van der Waals surface area (Å²) >= 11 is 0. The van der Waals surface area contributed by atoms with Gasteiger partial charge in [0.15, 0.2) is 12.6 Å². The van der Waals surface area contributed by atoms with Crippen LogP contribution in [-0.2, 0) is 23.7 Å². The van der Waals surface area contributed by atoms with E-state index < -0.39 is 68.0 Å². The molecule has 0 unspecified atom stereocenters. The van der Waals surface area contributed by atoms with Crippen molar-refractivity contribution >= 4 is 0 Å². The minimum Gasteiger partial charge on any atom is -0.394 e. The van der Waals surface area contributed by atoms with Crippen molar-refractivity contribution in [1.82, 2.24) is 5.32 Å². The molecular weight excluding hydrogens is 658 g/mol. The van der Waals surface area contributed by atoms with Crippen LogP contribution in [0, 0.1) is 46.3 Å². The number of aliphatic hydroxyl groups is 6. The molecule has 0 bridgehead atoms. The molecule has 4 aliphatic carbocycles. The molecule has 3 saturated carbocycles. The van der Waals surface area contributed by atoms with E-state index in [4.69, 9.17) is 23.7 Å². The summed E-state index contributed by atoms with van der Waals surface area (Å²) in [6.45, 7) is 11.9. The summed E-state index contributed by atoms with van der Waals surface area (Å²) in [4.78, 5) is 0. The maximum Gasteiger partial charge on any atom is 0.187 e. The zero-order chi connectivity index (χ0) is 36.2. The number of hydrogen-bond acceptors (Lipinski definition) is 12. The molecule has 0 amide bonds. The smallest absolute Gasteiger partial charge is 0.187 e. The van der Waals surface area contributed by atoms with Gasteiger partial charge in [-0.15, -0.1) is 0 Å². The normalized spacial score (nSPS) is 58.4. The van der Waals surface area contributed by atoms with Crippen LogP contribution in [0.1, 0.15) is 92.4 Å². The van der Waals surface area contributed by atoms with Crippen LogP contribution in [0.5, 0.6) is 0 Å². The van der Waals surface area contributed by atoms with Gasteiger partial charge < -0.3 is 54.3 Å². The molecule has 12 heteroatoms. The van der Waals surface area contributed by atoms with Gasteiger partial charge in [-0.3, -0.25) is 5.32 Å². The van der Waals surface area contributed by atoms with Crippen molar-refractivity contribution in [3.63, 3.8) is 0 Å². The van der Waals surface area contributed by atoms with Crippen molar-refractivity contribution in [2.75, 3.05) is 13.2 Å². The summed E-state index contributed by atoms with van der Waals surface area (Å²) in [5.41, 5.74) is 1.66. The molecule has 8 aliphatic rings. The van der Waals surface area contributed by atoms with Crippen molar-refractivity contribution in [3.8, 4) is 0 Å². The maximum absolute atomic E-state index is 11.1. The minimum absolute atomic E-state index is 0.0881. The van der Waals surface area contributed by atoms with Crippen molar-refractivity contribution in [3.05, 3.63) is 11.6 Å². The van der Waals surface area contributed by atoms with Crippen molar-refractivity contribution in [2.24, 2.45) is 46.3 Å². The van der Waals surface area contributed by atoms with Crippen LogP contribution in [0.4, 0.5) is 0 Å². The molecular formula is C39H63NO11. The number of fused-ring (bicyclic) bond motifs is 7. The second kappa shape index (κ2) is 13.5. The number of ether oxygens (including phenoxy) is 5. The van der Waals surface area contributed by atoms with Gasteiger partial charge in [0.25, 0.3) is 0 Å². The van der Waals surface area contributed by atoms with Gasteiger partial charge in [-0.05, 0) is 105 Å². The largest absolute Gasteiger partial charge is 0.394 e. The van der Waals surface area contributed by atoms with Gasteiger partial charge in [0.1, 0.15) is 48.5 Å². The molecule has 0 aromatic rings. The van der Waals surface area contributed by atoms with Gasteiger partial charge in [0.2, 0.25) is 0 Å². The highest BCUT2D eigenvalue weighted by molar-refractivity contribution is 5.26. The molecule has 290 valence electrons. The first-order valence-corrected chi connectivity index (χ1v) is 20.0. The lowest BCUT2D eigenvalue weighted by Crippen LogP contribution is -2.64. The van der Waals surface area contributed by atoms with E-state index in [1.165, 1.54) is 38.2 Å². The first-order chi connectivity index (χ1) is 24.2. The molecule has 7 fully saturated rings. The van der Waals surface area contributed by atoms with Gasteiger partial charge in [0.05, 0.1) is 24.9 Å². The number of nitrogens with one attached hydrogen (secondary N) is 1. The summed E-state index contributed by atoms with van der Waals surface area (Å²) in [6.07, 6.45) is -1.11. The second-order valence-corrected chi connectivity index (χ2v) is 18.4. The second-order valence-electron chi connectivity index (χ2n) is 18.4. The predicted octanol–water partition coefficient (Wildman–Crippen LogP) is 1.96. The van der Waals surface area contributed by atoms with E-state index in [9.17, 15) is 30.6 Å². The van der Waals surface area contributed by atoms with Gasteiger partial charge in [-0.25, -0.2) is 0 Å². The fourth-order valence-corrected chi connectivity index (χ4v) is 12.7. The van der Waals surface area contributed by atoms with Gasteiger partial charge in [-0.1, -0.05) is 39.3 Å². The van der Waals surface area contributed by atoms with E-state index in [0.29, 0.717) is 47.0 Å². The topological polar surface area (TPSA) is 180 Å². The van der Waals surface area contributed by atoms with Gasteiger partial charge >= 0.3 is 0 Å². The zero-order valence-electron chi connectivity index (χ0n) is 31.0. The van der Waals surface area contributed by atoms with Crippen LogP contribution in [0.15, 0.2) is 11.6 Å². The summed E-state index contributed by atoms with van der Waals surface area (Å²) in [7, 11) is 0. The highest BCUT2D eigenvalue weighted by atomic mass is 16.7. The third-order valence-corrected chi connectivity index (χ3v) is 15.8. The van der Waals surface area contributed by atoms with E-state index in [1.54, 1.807) is 0 Å². The Bertz CT molecular complexity index is 1310. The molecule has 12 nitrogen and oxygen atoms in total. The summed E-state index contributed by atoms with van der Waals surface area (Å²) in [6, 6.07) is 0. The molecule has 0 aromatic carbocycles. The van der Waals surface area contributed by atoms with Crippen LogP contribution < -0.4 is 5.32 Å². The third kappa shape index (κ3) is 5.84. The first kappa shape index (κ1) is 37.2. The lowest BCUT2D eigenvalue weighted by molar-refractivity contribution is -0.360. The summed E-state index contributed by atoms with van der Waals surface area (Å²) in [5.74, 6) is 3.74. The van der Waals surface area contributed by atoms with Crippen LogP contribution in [0.25, 0.3) is 0 Å². The maximum atomic E-state index is 11.1. The molecule has 0 aromatic heterocycles. The summed E-state index contributed by atoms with van der Waals surface area (Å²) < 4.78 is 30.7. The molecule has 51 heavy (non-hydrogen) atoms. The zero-order valence-corrected chi connectivity index (χ0v) is 31.0. The Morgan fingerprint density at radius 1 is 0.843 bits per heavy atom. The van der Waals surface area contributed by atoms with E-state index in [-0.39, 0.29) is 17.2 Å². The highest BCUT2D eigenvalue weighted by Crippen LogP contribution is 2.70. The van der Waals surface area contributed by atoms with Crippen LogP contribution in [0.2, 0.25) is 0 Å². The monoisotopic (exact) mass is 721 g/mol. The molecule has 7 N–H and O–H groups in total. The quantitative estimate of drug-likeness (QED) is 0.206. The van der Waals surface area contributed by atoms with Crippen LogP contribution in [-0.4, -0.2) is 123 Å². The highest BCUT2D eigenvalue weighted by Gasteiger charge is 2.68. The predicted molar refractivity (Wildman–Crippen MR) is 184 cm³/mol. The van der Waals surface area contributed by atoms with E-state index in [2.05, 4.69) is 39.1 Å². The lowest BCUT2D eigenvalue weighted by atomic mass is 9.47. The first-order valence-electron chi connectivity index (χ1n) is 20.0. The molecule has 4 aliphatic heterocycles. The van der Waals surface area contributed by atoms with E-state index in [0.717, 1.165) is 38.6 Å². The Balaban J connectivity index is 0.915. The minimum atomic E-state index is -1.60. The van der Waals surface area contributed by atoms with Crippen LogP contribution in [0.3, 0.4) is 0 Å². The number of aliphatic hydroxyl groups excluding tert-OH is 6. The third-order valence-electron chi connectivity index (χ3n) is 15.8. The Morgan fingerprint density at radius 3 is 2.31 bits per heavy atom. The van der Waals surface area contributed by atoms with E-state index in [1.807, 2.05) is 0 Å². The standard InChI is InChI=1S/C39H63NO11/c1-18-8-13-39(40-16-18)19(2)28-26(51-39)15-25-23-7-6-21-14-22(9-11-37(21,4)24(23)10-12-38(25,28)5)48-36-33(46)31(44)34(27(17-41)49-36)50-35-32(45)30(43)29(42)20(3)47-35/h6,18-20,22-36,40-46H,7-17H2,1-5H3/t18-,19-,20-,22-,23+,24-,25-,26-,27+,28-,29-,30+,31+,32+,33+,34+,35-,36+,37-,38-,39-/m0/s1. The van der Waals surface area contributed by atoms with Gasteiger partial charge in [0, 0.05) is 12.5 Å². The van der Waals surface area contributed by atoms with Crippen molar-refractivity contribution < 1.29 is 54.3 Å². The van der Waals surface area contributed by atoms with Crippen LogP contribution >= 0.6 is 0 Å². The molecule has 0 radical (unpaired) electrons. The Labute approximate surface area is 302 Å².